The summed E-state index contributed by atoms with van der Waals surface area (Å²) in [5, 5.41) is 5.84. The summed E-state index contributed by atoms with van der Waals surface area (Å²) >= 11 is 5.87. The SMILES string of the molecule is COc1ccc(/C=C/C(=O)NC(C)C(=O)Nc2cccc(Cl)c2)cc1. The summed E-state index contributed by atoms with van der Waals surface area (Å²) in [6, 6.07) is 13.4. The van der Waals surface area contributed by atoms with E-state index in [1.165, 1.54) is 6.08 Å². The molecule has 6 heteroatoms. The molecular formula is C19H19ClN2O3. The van der Waals surface area contributed by atoms with E-state index >= 15 is 0 Å². The van der Waals surface area contributed by atoms with Crippen molar-refractivity contribution in [2.45, 2.75) is 13.0 Å². The van der Waals surface area contributed by atoms with Gasteiger partial charge in [-0.05, 0) is 48.9 Å². The van der Waals surface area contributed by atoms with E-state index in [-0.39, 0.29) is 11.8 Å². The summed E-state index contributed by atoms with van der Waals surface area (Å²) in [6.07, 6.45) is 3.04. The highest BCUT2D eigenvalue weighted by molar-refractivity contribution is 6.30. The fourth-order valence-electron chi connectivity index (χ4n) is 2.03. The van der Waals surface area contributed by atoms with Gasteiger partial charge in [-0.3, -0.25) is 9.59 Å². The molecule has 2 N–H and O–H groups in total. The normalized spacial score (nSPS) is 11.8. The summed E-state index contributed by atoms with van der Waals surface area (Å²) < 4.78 is 5.07. The fourth-order valence-corrected chi connectivity index (χ4v) is 2.22. The van der Waals surface area contributed by atoms with Gasteiger partial charge < -0.3 is 15.4 Å². The molecule has 0 heterocycles. The Hall–Kier alpha value is -2.79. The molecule has 0 aliphatic rings. The third kappa shape index (κ3) is 5.97. The largest absolute Gasteiger partial charge is 0.497 e. The predicted octanol–water partition coefficient (Wildman–Crippen LogP) is 3.51. The number of anilines is 1. The Kier molecular flexibility index (Phi) is 6.60. The highest BCUT2D eigenvalue weighted by Gasteiger charge is 2.14. The Balaban J connectivity index is 1.87. The molecule has 25 heavy (non-hydrogen) atoms. The Morgan fingerprint density at radius 1 is 1.16 bits per heavy atom. The van der Waals surface area contributed by atoms with E-state index in [2.05, 4.69) is 10.6 Å². The number of benzene rings is 2. The molecule has 0 aromatic heterocycles. The van der Waals surface area contributed by atoms with Crippen LogP contribution < -0.4 is 15.4 Å². The topological polar surface area (TPSA) is 67.4 Å². The maximum Gasteiger partial charge on any atom is 0.246 e. The molecule has 1 unspecified atom stereocenters. The van der Waals surface area contributed by atoms with Crippen LogP contribution in [0.3, 0.4) is 0 Å². The van der Waals surface area contributed by atoms with Gasteiger partial charge in [0.15, 0.2) is 0 Å². The number of methoxy groups -OCH3 is 1. The first-order valence-electron chi connectivity index (χ1n) is 7.67. The molecule has 2 amide bonds. The minimum atomic E-state index is -0.688. The van der Waals surface area contributed by atoms with E-state index in [0.717, 1.165) is 11.3 Å². The van der Waals surface area contributed by atoms with Crippen LogP contribution in [0.5, 0.6) is 5.75 Å². The number of carbonyl (C=O) groups excluding carboxylic acids is 2. The smallest absolute Gasteiger partial charge is 0.246 e. The average Bonchev–Trinajstić information content (AvgIpc) is 2.60. The Morgan fingerprint density at radius 3 is 2.52 bits per heavy atom. The summed E-state index contributed by atoms with van der Waals surface area (Å²) in [5.41, 5.74) is 1.43. The number of rotatable bonds is 6. The highest BCUT2D eigenvalue weighted by Crippen LogP contribution is 2.15. The number of amides is 2. The Labute approximate surface area is 151 Å². The van der Waals surface area contributed by atoms with E-state index in [4.69, 9.17) is 16.3 Å². The van der Waals surface area contributed by atoms with Crippen LogP contribution in [0.1, 0.15) is 12.5 Å². The van der Waals surface area contributed by atoms with Crippen LogP contribution in [0, 0.1) is 0 Å². The molecule has 2 aromatic carbocycles. The van der Waals surface area contributed by atoms with Crippen LogP contribution in [0.4, 0.5) is 5.69 Å². The lowest BCUT2D eigenvalue weighted by Gasteiger charge is -2.13. The lowest BCUT2D eigenvalue weighted by atomic mass is 10.2. The molecule has 1 atom stereocenters. The summed E-state index contributed by atoms with van der Waals surface area (Å²) in [6.45, 7) is 1.61. The number of hydrogen-bond donors (Lipinski definition) is 2. The molecule has 130 valence electrons. The number of halogens is 1. The van der Waals surface area contributed by atoms with Gasteiger partial charge in [0.05, 0.1) is 7.11 Å². The molecule has 0 fully saturated rings. The van der Waals surface area contributed by atoms with Gasteiger partial charge in [-0.2, -0.15) is 0 Å². The first-order chi connectivity index (χ1) is 12.0. The second-order valence-electron chi connectivity index (χ2n) is 5.34. The summed E-state index contributed by atoms with van der Waals surface area (Å²) in [7, 11) is 1.59. The number of carbonyl (C=O) groups is 2. The predicted molar refractivity (Wildman–Crippen MR) is 99.7 cm³/mol. The van der Waals surface area contributed by atoms with E-state index < -0.39 is 6.04 Å². The number of nitrogens with one attached hydrogen (secondary N) is 2. The fraction of sp³-hybridized carbons (Fsp3) is 0.158. The van der Waals surface area contributed by atoms with Gasteiger partial charge in [0.2, 0.25) is 11.8 Å². The van der Waals surface area contributed by atoms with Gasteiger partial charge in [0.25, 0.3) is 0 Å². The maximum absolute atomic E-state index is 12.1. The van der Waals surface area contributed by atoms with Crippen LogP contribution >= 0.6 is 11.6 Å². The van der Waals surface area contributed by atoms with Gasteiger partial charge in [-0.15, -0.1) is 0 Å². The van der Waals surface area contributed by atoms with Crippen molar-refractivity contribution in [3.05, 3.63) is 65.2 Å². The molecule has 2 aromatic rings. The van der Waals surface area contributed by atoms with Crippen molar-refractivity contribution in [2.75, 3.05) is 12.4 Å². The lowest BCUT2D eigenvalue weighted by molar-refractivity contribution is -0.123. The monoisotopic (exact) mass is 358 g/mol. The van der Waals surface area contributed by atoms with Gasteiger partial charge in [-0.25, -0.2) is 0 Å². The first kappa shape index (κ1) is 18.5. The lowest BCUT2D eigenvalue weighted by Crippen LogP contribution is -2.40. The van der Waals surface area contributed by atoms with Crippen LogP contribution in [0.15, 0.2) is 54.6 Å². The third-order valence-corrected chi connectivity index (χ3v) is 3.62. The molecule has 0 bridgehead atoms. The molecule has 5 nitrogen and oxygen atoms in total. The summed E-state index contributed by atoms with van der Waals surface area (Å²) in [4.78, 5) is 24.0. The van der Waals surface area contributed by atoms with Crippen molar-refractivity contribution in [3.8, 4) is 5.75 Å². The maximum atomic E-state index is 12.1. The minimum Gasteiger partial charge on any atom is -0.497 e. The number of hydrogen-bond acceptors (Lipinski definition) is 3. The highest BCUT2D eigenvalue weighted by atomic mass is 35.5. The molecule has 0 radical (unpaired) electrons. The minimum absolute atomic E-state index is 0.325. The van der Waals surface area contributed by atoms with Crippen molar-refractivity contribution in [1.29, 1.82) is 0 Å². The van der Waals surface area contributed by atoms with E-state index in [0.29, 0.717) is 10.7 Å². The second kappa shape index (κ2) is 8.89. The Morgan fingerprint density at radius 2 is 1.88 bits per heavy atom. The van der Waals surface area contributed by atoms with Crippen LogP contribution in [0.2, 0.25) is 5.02 Å². The van der Waals surface area contributed by atoms with Gasteiger partial charge in [0.1, 0.15) is 11.8 Å². The quantitative estimate of drug-likeness (QED) is 0.776. The van der Waals surface area contributed by atoms with Gasteiger partial charge in [0, 0.05) is 16.8 Å². The zero-order valence-electron chi connectivity index (χ0n) is 14.0. The molecule has 0 spiro atoms. The van der Waals surface area contributed by atoms with Crippen LogP contribution in [-0.4, -0.2) is 25.0 Å². The van der Waals surface area contributed by atoms with Gasteiger partial charge >= 0.3 is 0 Å². The van der Waals surface area contributed by atoms with Crippen molar-refractivity contribution in [2.24, 2.45) is 0 Å². The molecule has 2 rings (SSSR count). The molecule has 0 aliphatic carbocycles. The van der Waals surface area contributed by atoms with Crippen LogP contribution in [-0.2, 0) is 9.59 Å². The zero-order valence-corrected chi connectivity index (χ0v) is 14.7. The van der Waals surface area contributed by atoms with Crippen molar-refractivity contribution >= 4 is 35.2 Å². The van der Waals surface area contributed by atoms with E-state index in [1.54, 1.807) is 56.5 Å². The van der Waals surface area contributed by atoms with Gasteiger partial charge in [-0.1, -0.05) is 29.8 Å². The number of ether oxygens (including phenoxy) is 1. The van der Waals surface area contributed by atoms with Crippen LogP contribution in [0.25, 0.3) is 6.08 Å². The van der Waals surface area contributed by atoms with E-state index in [9.17, 15) is 9.59 Å². The average molecular weight is 359 g/mol. The Bertz CT molecular complexity index is 772. The van der Waals surface area contributed by atoms with Crippen molar-refractivity contribution < 1.29 is 14.3 Å². The molecular weight excluding hydrogens is 340 g/mol. The molecule has 0 aliphatic heterocycles. The molecule has 0 saturated heterocycles. The van der Waals surface area contributed by atoms with Crippen molar-refractivity contribution in [3.63, 3.8) is 0 Å². The first-order valence-corrected chi connectivity index (χ1v) is 8.05. The van der Waals surface area contributed by atoms with Crippen molar-refractivity contribution in [1.82, 2.24) is 5.32 Å². The zero-order chi connectivity index (χ0) is 18.2. The third-order valence-electron chi connectivity index (χ3n) is 3.39. The second-order valence-corrected chi connectivity index (χ2v) is 5.77. The summed E-state index contributed by atoms with van der Waals surface area (Å²) in [5.74, 6) is 0.0611. The van der Waals surface area contributed by atoms with E-state index in [1.807, 2.05) is 12.1 Å². The molecule has 0 saturated carbocycles. The standard InChI is InChI=1S/C19H19ClN2O3/c1-13(19(24)22-16-5-3-4-15(20)12-16)21-18(23)11-8-14-6-9-17(25-2)10-7-14/h3-13H,1-2H3,(H,21,23)(H,22,24)/b11-8+.